The van der Waals surface area contributed by atoms with E-state index in [-0.39, 0.29) is 11.7 Å². The van der Waals surface area contributed by atoms with Crippen molar-refractivity contribution < 1.29 is 24.5 Å². The first-order valence-corrected chi connectivity index (χ1v) is 5.66. The monoisotopic (exact) mass is 269 g/mol. The molecule has 0 bridgehead atoms. The van der Waals surface area contributed by atoms with Crippen LogP contribution in [-0.4, -0.2) is 51.8 Å². The van der Waals surface area contributed by atoms with Gasteiger partial charge < -0.3 is 19.8 Å². The Balaban J connectivity index is 2.87. The number of anilines is 1. The van der Waals surface area contributed by atoms with E-state index < -0.39 is 25.0 Å². The number of hydrogen-bond donors (Lipinski definition) is 2. The summed E-state index contributed by atoms with van der Waals surface area (Å²) in [7, 11) is 0. The van der Waals surface area contributed by atoms with Crippen LogP contribution in [0.3, 0.4) is 0 Å². The SMILES string of the molecule is CCCOc1cncc(N(CC(=O)O)CC(=O)O)n1. The van der Waals surface area contributed by atoms with Crippen LogP contribution in [0.4, 0.5) is 5.82 Å². The van der Waals surface area contributed by atoms with E-state index in [0.29, 0.717) is 6.61 Å². The molecule has 0 atom stereocenters. The first-order chi connectivity index (χ1) is 9.02. The summed E-state index contributed by atoms with van der Waals surface area (Å²) in [5, 5.41) is 17.5. The van der Waals surface area contributed by atoms with Gasteiger partial charge in [0.25, 0.3) is 0 Å². The maximum Gasteiger partial charge on any atom is 0.323 e. The minimum atomic E-state index is -1.15. The molecule has 1 rings (SSSR count). The fourth-order valence-corrected chi connectivity index (χ4v) is 1.31. The van der Waals surface area contributed by atoms with Crippen LogP contribution in [0, 0.1) is 0 Å². The highest BCUT2D eigenvalue weighted by Gasteiger charge is 2.16. The van der Waals surface area contributed by atoms with Crippen LogP contribution in [0.5, 0.6) is 5.88 Å². The molecule has 2 N–H and O–H groups in total. The van der Waals surface area contributed by atoms with Gasteiger partial charge in [-0.1, -0.05) is 6.92 Å². The molecule has 8 nitrogen and oxygen atoms in total. The third-order valence-corrected chi connectivity index (χ3v) is 2.03. The lowest BCUT2D eigenvalue weighted by molar-refractivity contribution is -0.136. The molecule has 1 heterocycles. The van der Waals surface area contributed by atoms with Gasteiger partial charge in [-0.2, -0.15) is 4.98 Å². The number of carboxylic acids is 2. The number of aliphatic carboxylic acids is 2. The van der Waals surface area contributed by atoms with Crippen molar-refractivity contribution in [1.29, 1.82) is 0 Å². The van der Waals surface area contributed by atoms with Crippen molar-refractivity contribution in [2.45, 2.75) is 13.3 Å². The number of aromatic nitrogens is 2. The Kier molecular flexibility index (Phi) is 5.52. The summed E-state index contributed by atoms with van der Waals surface area (Å²) in [6, 6.07) is 0. The molecule has 0 unspecified atom stereocenters. The first kappa shape index (κ1) is 14.7. The second kappa shape index (κ2) is 7.14. The number of rotatable bonds is 8. The maximum atomic E-state index is 10.7. The van der Waals surface area contributed by atoms with Crippen molar-refractivity contribution >= 4 is 17.8 Å². The minimum absolute atomic E-state index is 0.151. The Bertz CT molecular complexity index is 436. The van der Waals surface area contributed by atoms with Gasteiger partial charge in [-0.3, -0.25) is 14.6 Å². The van der Waals surface area contributed by atoms with Crippen LogP contribution in [0.1, 0.15) is 13.3 Å². The Labute approximate surface area is 109 Å². The molecule has 0 radical (unpaired) electrons. The van der Waals surface area contributed by atoms with Gasteiger partial charge in [0, 0.05) is 0 Å². The quantitative estimate of drug-likeness (QED) is 0.690. The van der Waals surface area contributed by atoms with E-state index >= 15 is 0 Å². The summed E-state index contributed by atoms with van der Waals surface area (Å²) < 4.78 is 5.26. The topological polar surface area (TPSA) is 113 Å². The van der Waals surface area contributed by atoms with Crippen molar-refractivity contribution in [1.82, 2.24) is 9.97 Å². The van der Waals surface area contributed by atoms with Gasteiger partial charge >= 0.3 is 11.9 Å². The lowest BCUT2D eigenvalue weighted by Gasteiger charge is -2.19. The van der Waals surface area contributed by atoms with Crippen LogP contribution >= 0.6 is 0 Å². The van der Waals surface area contributed by atoms with Gasteiger partial charge in [0.05, 0.1) is 19.0 Å². The average Bonchev–Trinajstić information content (AvgIpc) is 2.35. The predicted molar refractivity (Wildman–Crippen MR) is 65.3 cm³/mol. The zero-order valence-electron chi connectivity index (χ0n) is 10.4. The molecule has 0 saturated heterocycles. The van der Waals surface area contributed by atoms with E-state index in [4.69, 9.17) is 14.9 Å². The lowest BCUT2D eigenvalue weighted by atomic mass is 10.4. The molecule has 8 heteroatoms. The van der Waals surface area contributed by atoms with Gasteiger partial charge in [-0.05, 0) is 6.42 Å². The van der Waals surface area contributed by atoms with Gasteiger partial charge in [-0.25, -0.2) is 0 Å². The molecule has 0 aromatic carbocycles. The van der Waals surface area contributed by atoms with Gasteiger partial charge in [0.2, 0.25) is 5.88 Å². The first-order valence-electron chi connectivity index (χ1n) is 5.66. The molecule has 0 aliphatic carbocycles. The maximum absolute atomic E-state index is 10.7. The molecule has 0 fully saturated rings. The van der Waals surface area contributed by atoms with E-state index in [1.807, 2.05) is 6.92 Å². The summed E-state index contributed by atoms with van der Waals surface area (Å²) in [6.07, 6.45) is 3.48. The van der Waals surface area contributed by atoms with E-state index in [2.05, 4.69) is 9.97 Å². The average molecular weight is 269 g/mol. The van der Waals surface area contributed by atoms with Gasteiger partial charge in [0.1, 0.15) is 13.1 Å². The van der Waals surface area contributed by atoms with E-state index in [0.717, 1.165) is 11.3 Å². The molecule has 1 aromatic rings. The molecule has 1 aromatic heterocycles. The largest absolute Gasteiger partial charge is 0.480 e. The molecule has 104 valence electrons. The minimum Gasteiger partial charge on any atom is -0.480 e. The predicted octanol–water partition coefficient (Wildman–Crippen LogP) is 0.241. The molecule has 0 aliphatic heterocycles. The second-order valence-corrected chi connectivity index (χ2v) is 3.71. The highest BCUT2D eigenvalue weighted by atomic mass is 16.5. The Morgan fingerprint density at radius 1 is 1.26 bits per heavy atom. The van der Waals surface area contributed by atoms with Gasteiger partial charge in [0.15, 0.2) is 5.82 Å². The number of hydrogen-bond acceptors (Lipinski definition) is 6. The summed E-state index contributed by atoms with van der Waals surface area (Å²) in [5.74, 6) is -1.91. The van der Waals surface area contributed by atoms with Crippen molar-refractivity contribution in [2.75, 3.05) is 24.6 Å². The molecule has 0 amide bonds. The summed E-state index contributed by atoms with van der Waals surface area (Å²) >= 11 is 0. The highest BCUT2D eigenvalue weighted by molar-refractivity contribution is 5.78. The fourth-order valence-electron chi connectivity index (χ4n) is 1.31. The number of ether oxygens (including phenoxy) is 1. The zero-order chi connectivity index (χ0) is 14.3. The zero-order valence-corrected chi connectivity index (χ0v) is 10.4. The number of carboxylic acid groups (broad SMARTS) is 2. The number of carbonyl (C=O) groups is 2. The second-order valence-electron chi connectivity index (χ2n) is 3.71. The van der Waals surface area contributed by atoms with E-state index in [1.165, 1.54) is 12.4 Å². The van der Waals surface area contributed by atoms with E-state index in [9.17, 15) is 9.59 Å². The molecular weight excluding hydrogens is 254 g/mol. The fraction of sp³-hybridized carbons (Fsp3) is 0.455. The molecular formula is C11H15N3O5. The Morgan fingerprint density at radius 3 is 2.42 bits per heavy atom. The normalized spacial score (nSPS) is 9.95. The molecule has 0 spiro atoms. The third-order valence-electron chi connectivity index (χ3n) is 2.03. The Hall–Kier alpha value is -2.38. The van der Waals surface area contributed by atoms with Crippen LogP contribution in [0.15, 0.2) is 12.4 Å². The summed E-state index contributed by atoms with van der Waals surface area (Å²) in [4.78, 5) is 30.4. The van der Waals surface area contributed by atoms with Crippen molar-refractivity contribution in [3.63, 3.8) is 0 Å². The molecule has 0 saturated carbocycles. The standard InChI is InChI=1S/C11H15N3O5/c1-2-3-19-9-5-12-4-8(13-9)14(6-10(15)16)7-11(17)18/h4-5H,2-3,6-7H2,1H3,(H,15,16)(H,17,18). The van der Waals surface area contributed by atoms with Crippen molar-refractivity contribution in [3.05, 3.63) is 12.4 Å². The van der Waals surface area contributed by atoms with Crippen molar-refractivity contribution in [3.8, 4) is 5.88 Å². The summed E-state index contributed by atoms with van der Waals surface area (Å²) in [6.45, 7) is 1.44. The summed E-state index contributed by atoms with van der Waals surface area (Å²) in [5.41, 5.74) is 0. The van der Waals surface area contributed by atoms with Crippen LogP contribution in [0.2, 0.25) is 0 Å². The van der Waals surface area contributed by atoms with Crippen LogP contribution in [-0.2, 0) is 9.59 Å². The lowest BCUT2D eigenvalue weighted by Crippen LogP contribution is -2.35. The van der Waals surface area contributed by atoms with Crippen LogP contribution < -0.4 is 9.64 Å². The number of nitrogens with zero attached hydrogens (tertiary/aromatic N) is 3. The smallest absolute Gasteiger partial charge is 0.323 e. The van der Waals surface area contributed by atoms with Crippen LogP contribution in [0.25, 0.3) is 0 Å². The van der Waals surface area contributed by atoms with Crippen molar-refractivity contribution in [2.24, 2.45) is 0 Å². The van der Waals surface area contributed by atoms with E-state index in [1.54, 1.807) is 0 Å². The third kappa shape index (κ3) is 5.19. The molecule has 19 heavy (non-hydrogen) atoms. The Morgan fingerprint density at radius 2 is 1.89 bits per heavy atom. The molecule has 0 aliphatic rings. The highest BCUT2D eigenvalue weighted by Crippen LogP contribution is 2.13. The van der Waals surface area contributed by atoms with Gasteiger partial charge in [-0.15, -0.1) is 0 Å².